The molecule has 0 aliphatic carbocycles. The van der Waals surface area contributed by atoms with Gasteiger partial charge in [-0.3, -0.25) is 4.79 Å². The number of hydrogen-bond donors (Lipinski definition) is 2. The summed E-state index contributed by atoms with van der Waals surface area (Å²) in [4.78, 5) is 12.0. The lowest BCUT2D eigenvalue weighted by Crippen LogP contribution is -2.26. The highest BCUT2D eigenvalue weighted by molar-refractivity contribution is 5.85. The number of carbonyl (C=O) groups is 1. The molecule has 2 aromatic carbocycles. The van der Waals surface area contributed by atoms with E-state index in [4.69, 9.17) is 14.2 Å². The number of carbonyl (C=O) groups excluding carboxylic acids is 1. The van der Waals surface area contributed by atoms with E-state index in [2.05, 4.69) is 21.9 Å². The Labute approximate surface area is 159 Å². The molecule has 2 rings (SSSR count). The fraction of sp³-hybridized carbons (Fsp3) is 0.300. The predicted molar refractivity (Wildman–Crippen MR) is 106 cm³/mol. The van der Waals surface area contributed by atoms with Crippen LogP contribution in [-0.4, -0.2) is 40.0 Å². The molecular formula is C20H25N3O4. The summed E-state index contributed by atoms with van der Waals surface area (Å²) in [5.74, 6) is 1.28. The SMILES string of the molecule is COc1cc(/C=N/NC(=O)CNc2ccc(C)cc2C)cc(OC)c1OC. The van der Waals surface area contributed by atoms with Crippen molar-refractivity contribution in [3.05, 3.63) is 47.0 Å². The number of aryl methyl sites for hydroxylation is 2. The lowest BCUT2D eigenvalue weighted by molar-refractivity contribution is -0.119. The molecule has 2 N–H and O–H groups in total. The van der Waals surface area contributed by atoms with Crippen LogP contribution < -0.4 is 25.0 Å². The summed E-state index contributed by atoms with van der Waals surface area (Å²) in [6.07, 6.45) is 1.51. The van der Waals surface area contributed by atoms with Gasteiger partial charge in [-0.2, -0.15) is 5.10 Å². The van der Waals surface area contributed by atoms with Crippen LogP contribution in [-0.2, 0) is 4.79 Å². The van der Waals surface area contributed by atoms with Gasteiger partial charge in [0.25, 0.3) is 5.91 Å². The third-order valence-electron chi connectivity index (χ3n) is 3.91. The molecule has 2 aromatic rings. The highest BCUT2D eigenvalue weighted by Crippen LogP contribution is 2.37. The number of amides is 1. The van der Waals surface area contributed by atoms with E-state index in [9.17, 15) is 4.79 Å². The van der Waals surface area contributed by atoms with Crippen molar-refractivity contribution in [2.24, 2.45) is 5.10 Å². The highest BCUT2D eigenvalue weighted by Gasteiger charge is 2.12. The molecule has 7 nitrogen and oxygen atoms in total. The Morgan fingerprint density at radius 1 is 1.04 bits per heavy atom. The van der Waals surface area contributed by atoms with Crippen LogP contribution in [0.15, 0.2) is 35.4 Å². The molecular weight excluding hydrogens is 346 g/mol. The van der Waals surface area contributed by atoms with E-state index in [0.29, 0.717) is 22.8 Å². The van der Waals surface area contributed by atoms with Crippen LogP contribution >= 0.6 is 0 Å². The molecule has 0 aliphatic heterocycles. The van der Waals surface area contributed by atoms with Crippen LogP contribution in [0.2, 0.25) is 0 Å². The minimum Gasteiger partial charge on any atom is -0.493 e. The number of anilines is 1. The molecule has 0 unspecified atom stereocenters. The number of benzene rings is 2. The van der Waals surface area contributed by atoms with Crippen molar-refractivity contribution in [2.45, 2.75) is 13.8 Å². The van der Waals surface area contributed by atoms with Gasteiger partial charge in [-0.05, 0) is 37.6 Å². The van der Waals surface area contributed by atoms with Crippen molar-refractivity contribution < 1.29 is 19.0 Å². The maximum Gasteiger partial charge on any atom is 0.259 e. The normalized spacial score (nSPS) is 10.6. The molecule has 0 fully saturated rings. The zero-order chi connectivity index (χ0) is 19.8. The highest BCUT2D eigenvalue weighted by atomic mass is 16.5. The summed E-state index contributed by atoms with van der Waals surface area (Å²) < 4.78 is 15.9. The third kappa shape index (κ3) is 5.37. The molecule has 0 bridgehead atoms. The first kappa shape index (κ1) is 20.1. The van der Waals surface area contributed by atoms with E-state index in [-0.39, 0.29) is 12.5 Å². The minimum atomic E-state index is -0.251. The Bertz CT molecular complexity index is 809. The topological polar surface area (TPSA) is 81.2 Å². The van der Waals surface area contributed by atoms with Gasteiger partial charge in [-0.15, -0.1) is 0 Å². The van der Waals surface area contributed by atoms with Crippen molar-refractivity contribution in [1.29, 1.82) is 0 Å². The average Bonchev–Trinajstić information content (AvgIpc) is 2.66. The van der Waals surface area contributed by atoms with E-state index in [1.165, 1.54) is 18.9 Å². The zero-order valence-corrected chi connectivity index (χ0v) is 16.3. The monoisotopic (exact) mass is 371 g/mol. The molecule has 1 amide bonds. The number of nitrogens with zero attached hydrogens (tertiary/aromatic N) is 1. The quantitative estimate of drug-likeness (QED) is 0.551. The molecule has 0 saturated carbocycles. The Hall–Kier alpha value is -3.22. The van der Waals surface area contributed by atoms with Crippen molar-refractivity contribution in [3.63, 3.8) is 0 Å². The van der Waals surface area contributed by atoms with Crippen LogP contribution in [0.3, 0.4) is 0 Å². The predicted octanol–water partition coefficient (Wildman–Crippen LogP) is 2.89. The largest absolute Gasteiger partial charge is 0.493 e. The van der Waals surface area contributed by atoms with Gasteiger partial charge in [-0.25, -0.2) is 5.43 Å². The average molecular weight is 371 g/mol. The van der Waals surface area contributed by atoms with Crippen LogP contribution in [0.1, 0.15) is 16.7 Å². The second kappa shape index (κ2) is 9.47. The van der Waals surface area contributed by atoms with Crippen molar-refractivity contribution in [2.75, 3.05) is 33.2 Å². The van der Waals surface area contributed by atoms with E-state index in [1.807, 2.05) is 26.0 Å². The number of rotatable bonds is 8. The fourth-order valence-corrected chi connectivity index (χ4v) is 2.58. The van der Waals surface area contributed by atoms with Crippen LogP contribution in [0, 0.1) is 13.8 Å². The molecule has 0 aromatic heterocycles. The summed E-state index contributed by atoms with van der Waals surface area (Å²) in [6, 6.07) is 9.49. The Morgan fingerprint density at radius 3 is 2.26 bits per heavy atom. The van der Waals surface area contributed by atoms with Crippen LogP contribution in [0.4, 0.5) is 5.69 Å². The standard InChI is InChI=1S/C20H25N3O4/c1-13-6-7-16(14(2)8-13)21-12-19(24)23-22-11-15-9-17(25-3)20(27-5)18(10-15)26-4/h6-11,21H,12H2,1-5H3,(H,23,24)/b22-11+. The Balaban J connectivity index is 1.97. The molecule has 7 heteroatoms. The molecule has 0 saturated heterocycles. The molecule has 0 aliphatic rings. The molecule has 0 atom stereocenters. The Morgan fingerprint density at radius 2 is 1.70 bits per heavy atom. The summed E-state index contributed by atoms with van der Waals surface area (Å²) >= 11 is 0. The van der Waals surface area contributed by atoms with Crippen molar-refractivity contribution in [3.8, 4) is 17.2 Å². The van der Waals surface area contributed by atoms with E-state index in [0.717, 1.165) is 11.3 Å². The van der Waals surface area contributed by atoms with E-state index < -0.39 is 0 Å². The van der Waals surface area contributed by atoms with Gasteiger partial charge in [0.1, 0.15) is 0 Å². The van der Waals surface area contributed by atoms with Gasteiger partial charge < -0.3 is 19.5 Å². The third-order valence-corrected chi connectivity index (χ3v) is 3.91. The minimum absolute atomic E-state index is 0.122. The van der Waals surface area contributed by atoms with E-state index >= 15 is 0 Å². The first-order valence-corrected chi connectivity index (χ1v) is 8.41. The van der Waals surface area contributed by atoms with Crippen molar-refractivity contribution >= 4 is 17.8 Å². The molecule has 144 valence electrons. The summed E-state index contributed by atoms with van der Waals surface area (Å²) in [6.45, 7) is 4.15. The maximum absolute atomic E-state index is 12.0. The number of hydrogen-bond acceptors (Lipinski definition) is 6. The van der Waals surface area contributed by atoms with Crippen molar-refractivity contribution in [1.82, 2.24) is 5.43 Å². The number of hydrazone groups is 1. The van der Waals surface area contributed by atoms with Crippen LogP contribution in [0.25, 0.3) is 0 Å². The van der Waals surface area contributed by atoms with Gasteiger partial charge in [0.2, 0.25) is 5.75 Å². The second-order valence-electron chi connectivity index (χ2n) is 5.92. The molecule has 0 spiro atoms. The number of methoxy groups -OCH3 is 3. The first-order valence-electron chi connectivity index (χ1n) is 8.41. The van der Waals surface area contributed by atoms with E-state index in [1.54, 1.807) is 26.4 Å². The summed E-state index contributed by atoms with van der Waals surface area (Å²) in [5.41, 5.74) is 6.38. The summed E-state index contributed by atoms with van der Waals surface area (Å²) in [7, 11) is 4.62. The lowest BCUT2D eigenvalue weighted by atomic mass is 10.1. The van der Waals surface area contributed by atoms with Gasteiger partial charge in [0, 0.05) is 11.3 Å². The van der Waals surface area contributed by atoms with Gasteiger partial charge in [0.05, 0.1) is 34.1 Å². The second-order valence-corrected chi connectivity index (χ2v) is 5.92. The fourth-order valence-electron chi connectivity index (χ4n) is 2.58. The Kier molecular flexibility index (Phi) is 7.05. The molecule has 0 heterocycles. The number of nitrogens with one attached hydrogen (secondary N) is 2. The molecule has 27 heavy (non-hydrogen) atoms. The first-order chi connectivity index (χ1) is 13.0. The zero-order valence-electron chi connectivity index (χ0n) is 16.3. The van der Waals surface area contributed by atoms with Gasteiger partial charge in [-0.1, -0.05) is 17.7 Å². The van der Waals surface area contributed by atoms with Crippen LogP contribution in [0.5, 0.6) is 17.2 Å². The number of ether oxygens (including phenoxy) is 3. The smallest absolute Gasteiger partial charge is 0.259 e. The summed E-state index contributed by atoms with van der Waals surface area (Å²) in [5, 5.41) is 7.08. The maximum atomic E-state index is 12.0. The van der Waals surface area contributed by atoms with Gasteiger partial charge in [0.15, 0.2) is 11.5 Å². The molecule has 0 radical (unpaired) electrons. The lowest BCUT2D eigenvalue weighted by Gasteiger charge is -2.12. The van der Waals surface area contributed by atoms with Gasteiger partial charge >= 0.3 is 0 Å².